The van der Waals surface area contributed by atoms with Gasteiger partial charge in [-0.05, 0) is 63.7 Å². The summed E-state index contributed by atoms with van der Waals surface area (Å²) in [6.07, 6.45) is 4.57. The van der Waals surface area contributed by atoms with Gasteiger partial charge in [-0.15, -0.1) is 9.24 Å². The molecule has 4 aromatic rings. The molecule has 2 heterocycles. The third-order valence-electron chi connectivity index (χ3n) is 8.50. The van der Waals surface area contributed by atoms with Crippen molar-refractivity contribution in [1.29, 1.82) is 0 Å². The van der Waals surface area contributed by atoms with Crippen LogP contribution in [0.2, 0.25) is 0 Å². The zero-order valence-electron chi connectivity index (χ0n) is 26.3. The van der Waals surface area contributed by atoms with Crippen LogP contribution in [0.15, 0.2) is 95.6 Å². The highest BCUT2D eigenvalue weighted by Crippen LogP contribution is 2.62. The van der Waals surface area contributed by atoms with Crippen molar-refractivity contribution >= 4 is 39.0 Å². The minimum Gasteiger partial charge on any atom is -0.251 e. The normalized spacial score (nSPS) is 15.3. The molecular weight excluding hydrogens is 534 g/mol. The summed E-state index contributed by atoms with van der Waals surface area (Å²) in [6.45, 7) is 21.6. The first-order valence-electron chi connectivity index (χ1n) is 14.8. The van der Waals surface area contributed by atoms with Crippen LogP contribution in [0.5, 0.6) is 0 Å². The summed E-state index contributed by atoms with van der Waals surface area (Å²) in [5.41, 5.74) is 8.60. The van der Waals surface area contributed by atoms with Gasteiger partial charge >= 0.3 is 0 Å². The van der Waals surface area contributed by atoms with Gasteiger partial charge in [-0.3, -0.25) is 9.97 Å². The lowest BCUT2D eigenvalue weighted by molar-refractivity contribution is 0.491. The van der Waals surface area contributed by atoms with Crippen molar-refractivity contribution in [3.63, 3.8) is 0 Å². The highest BCUT2D eigenvalue weighted by molar-refractivity contribution is 7.61. The SMILES string of the molecule is CC(C)(C)C1=CC(CP(C(C)(C)C)C(C)(C)C)=C(C(P)(c2ccc3ccccc3n2)c2ccc3ccccc3n2)C1. The molecule has 5 rings (SSSR count). The maximum absolute atomic E-state index is 5.33. The quantitative estimate of drug-likeness (QED) is 0.220. The van der Waals surface area contributed by atoms with Gasteiger partial charge in [-0.2, -0.15) is 0 Å². The van der Waals surface area contributed by atoms with Crippen LogP contribution in [0.3, 0.4) is 0 Å². The Morgan fingerprint density at radius 2 is 1.12 bits per heavy atom. The minimum atomic E-state index is -0.552. The second kappa shape index (κ2) is 10.7. The number of hydrogen-bond acceptors (Lipinski definition) is 2. The lowest BCUT2D eigenvalue weighted by atomic mass is 9.81. The first-order valence-corrected chi connectivity index (χ1v) is 16.9. The van der Waals surface area contributed by atoms with Crippen molar-refractivity contribution in [3.05, 3.63) is 107 Å². The van der Waals surface area contributed by atoms with Crippen LogP contribution >= 0.6 is 17.2 Å². The molecule has 0 bridgehead atoms. The molecule has 2 nitrogen and oxygen atoms in total. The summed E-state index contributed by atoms with van der Waals surface area (Å²) in [6, 6.07) is 25.8. The molecule has 0 amide bonds. The summed E-state index contributed by atoms with van der Waals surface area (Å²) >= 11 is 0. The molecule has 41 heavy (non-hydrogen) atoms. The van der Waals surface area contributed by atoms with Gasteiger partial charge in [0.15, 0.2) is 0 Å². The molecule has 4 heteroatoms. The molecule has 214 valence electrons. The van der Waals surface area contributed by atoms with E-state index >= 15 is 0 Å². The zero-order chi connectivity index (χ0) is 29.8. The van der Waals surface area contributed by atoms with Crippen LogP contribution in [-0.2, 0) is 5.16 Å². The van der Waals surface area contributed by atoms with Crippen molar-refractivity contribution < 1.29 is 0 Å². The molecule has 1 atom stereocenters. The van der Waals surface area contributed by atoms with E-state index in [-0.39, 0.29) is 23.6 Å². The predicted octanol–water partition coefficient (Wildman–Crippen LogP) is 10.7. The van der Waals surface area contributed by atoms with E-state index in [1.165, 1.54) is 16.7 Å². The second-order valence-electron chi connectivity index (χ2n) is 14.6. The topological polar surface area (TPSA) is 25.8 Å². The van der Waals surface area contributed by atoms with Crippen molar-refractivity contribution in [2.75, 3.05) is 6.16 Å². The zero-order valence-corrected chi connectivity index (χ0v) is 28.4. The van der Waals surface area contributed by atoms with Gasteiger partial charge in [0.2, 0.25) is 0 Å². The van der Waals surface area contributed by atoms with Gasteiger partial charge in [-0.25, -0.2) is 0 Å². The van der Waals surface area contributed by atoms with Crippen molar-refractivity contribution in [1.82, 2.24) is 9.97 Å². The first-order chi connectivity index (χ1) is 19.1. The Labute approximate surface area is 251 Å². The fourth-order valence-electron chi connectivity index (χ4n) is 6.33. The number of pyridine rings is 2. The summed E-state index contributed by atoms with van der Waals surface area (Å²) < 4.78 is 0. The van der Waals surface area contributed by atoms with E-state index in [1.54, 1.807) is 0 Å². The summed E-state index contributed by atoms with van der Waals surface area (Å²) in [5.74, 6) is 0. The molecule has 0 fully saturated rings. The molecule has 2 aromatic carbocycles. The summed E-state index contributed by atoms with van der Waals surface area (Å²) in [4.78, 5) is 10.7. The third kappa shape index (κ3) is 5.94. The molecule has 0 N–H and O–H groups in total. The highest BCUT2D eigenvalue weighted by Gasteiger charge is 2.43. The van der Waals surface area contributed by atoms with Gasteiger partial charge < -0.3 is 0 Å². The maximum atomic E-state index is 5.33. The average Bonchev–Trinajstić information content (AvgIpc) is 3.35. The Bertz CT molecular complexity index is 1570. The number of allylic oxidation sites excluding steroid dienone is 4. The Kier molecular flexibility index (Phi) is 7.85. The second-order valence-corrected chi connectivity index (χ2v) is 19.3. The number of nitrogens with zero attached hydrogens (tertiary/aromatic N) is 2. The predicted molar refractivity (Wildman–Crippen MR) is 184 cm³/mol. The lowest BCUT2D eigenvalue weighted by Gasteiger charge is -2.42. The first kappa shape index (κ1) is 30.1. The van der Waals surface area contributed by atoms with Crippen LogP contribution in [0.1, 0.15) is 80.1 Å². The smallest absolute Gasteiger partial charge is 0.0902 e. The van der Waals surface area contributed by atoms with Gasteiger partial charge in [0.1, 0.15) is 0 Å². The maximum Gasteiger partial charge on any atom is 0.0902 e. The number of aromatic nitrogens is 2. The van der Waals surface area contributed by atoms with E-state index in [4.69, 9.17) is 9.97 Å². The summed E-state index contributed by atoms with van der Waals surface area (Å²) in [7, 11) is 2.96. The van der Waals surface area contributed by atoms with E-state index in [9.17, 15) is 0 Å². The Hall–Kier alpha value is -2.40. The number of para-hydroxylation sites is 2. The number of fused-ring (bicyclic) bond motifs is 2. The molecule has 1 aliphatic carbocycles. The molecule has 1 aliphatic rings. The minimum absolute atomic E-state index is 0.0818. The fraction of sp³-hybridized carbons (Fsp3) is 0.405. The molecule has 0 spiro atoms. The van der Waals surface area contributed by atoms with Crippen molar-refractivity contribution in [2.45, 2.75) is 84.2 Å². The molecular formula is C37H46N2P2. The van der Waals surface area contributed by atoms with E-state index in [1.807, 2.05) is 0 Å². The van der Waals surface area contributed by atoms with E-state index in [0.717, 1.165) is 45.8 Å². The molecule has 1 unspecified atom stereocenters. The van der Waals surface area contributed by atoms with Gasteiger partial charge in [0.25, 0.3) is 0 Å². The molecule has 0 aliphatic heterocycles. The van der Waals surface area contributed by atoms with E-state index in [0.29, 0.717) is 0 Å². The number of rotatable bonds is 5. The third-order valence-corrected chi connectivity index (χ3v) is 13.3. The Morgan fingerprint density at radius 3 is 1.56 bits per heavy atom. The molecule has 0 radical (unpaired) electrons. The number of benzene rings is 2. The summed E-state index contributed by atoms with van der Waals surface area (Å²) in [5, 5.41) is 2.23. The van der Waals surface area contributed by atoms with Crippen LogP contribution in [-0.4, -0.2) is 26.4 Å². The molecule has 0 saturated heterocycles. The van der Waals surface area contributed by atoms with Gasteiger partial charge in [-0.1, -0.05) is 130 Å². The van der Waals surface area contributed by atoms with E-state index < -0.39 is 5.16 Å². The van der Waals surface area contributed by atoms with Crippen LogP contribution < -0.4 is 0 Å². The average molecular weight is 581 g/mol. The monoisotopic (exact) mass is 580 g/mol. The van der Waals surface area contributed by atoms with Crippen LogP contribution in [0.4, 0.5) is 0 Å². The standard InChI is InChI=1S/C37H46N2P2/c1-34(2,3)28-22-27(24-41(35(4,5)6)36(7,8)9)29(23-28)37(40,32-20-18-25-14-10-12-16-30(25)38-32)33-21-19-26-15-11-13-17-31(26)39-33/h10-22H,23-24,40H2,1-9H3. The lowest BCUT2D eigenvalue weighted by Crippen LogP contribution is -2.29. The van der Waals surface area contributed by atoms with Gasteiger partial charge in [0, 0.05) is 10.8 Å². The molecule has 2 aromatic heterocycles. The fourth-order valence-corrected chi connectivity index (χ4v) is 10.5. The van der Waals surface area contributed by atoms with E-state index in [2.05, 4.69) is 150 Å². The number of hydrogen-bond donors (Lipinski definition) is 0. The Balaban J connectivity index is 1.79. The molecule has 0 saturated carbocycles. The van der Waals surface area contributed by atoms with Crippen molar-refractivity contribution in [3.8, 4) is 0 Å². The van der Waals surface area contributed by atoms with Gasteiger partial charge in [0.05, 0.1) is 27.6 Å². The Morgan fingerprint density at radius 1 is 0.659 bits per heavy atom. The van der Waals surface area contributed by atoms with Crippen LogP contribution in [0.25, 0.3) is 21.8 Å². The van der Waals surface area contributed by atoms with Crippen molar-refractivity contribution in [2.24, 2.45) is 5.41 Å². The highest BCUT2D eigenvalue weighted by atomic mass is 31.1. The van der Waals surface area contributed by atoms with Crippen LogP contribution in [0, 0.1) is 5.41 Å². The largest absolute Gasteiger partial charge is 0.251 e.